The SMILES string of the molecule is Cc1ccc(CCCCCO[C@@H](C(=O)N(CCCCCc2ccc3ccccc3c2)CC(=O)O)[C@H]2OCOC2=O)cc1C. The van der Waals surface area contributed by atoms with E-state index in [1.165, 1.54) is 37.9 Å². The van der Waals surface area contributed by atoms with E-state index in [2.05, 4.69) is 62.4 Å². The maximum absolute atomic E-state index is 13.5. The highest BCUT2D eigenvalue weighted by atomic mass is 16.7. The molecule has 1 saturated heterocycles. The molecule has 2 atom stereocenters. The summed E-state index contributed by atoms with van der Waals surface area (Å²) in [6.45, 7) is 3.99. The Morgan fingerprint density at radius 1 is 0.884 bits per heavy atom. The zero-order chi connectivity index (χ0) is 30.6. The van der Waals surface area contributed by atoms with Gasteiger partial charge in [0.05, 0.1) is 0 Å². The molecule has 0 aromatic heterocycles. The Kier molecular flexibility index (Phi) is 12.1. The molecule has 1 heterocycles. The van der Waals surface area contributed by atoms with Crippen molar-refractivity contribution >= 4 is 28.6 Å². The first-order valence-corrected chi connectivity index (χ1v) is 15.3. The molecule has 0 unspecified atom stereocenters. The van der Waals surface area contributed by atoms with Crippen LogP contribution in [0.25, 0.3) is 10.8 Å². The molecule has 0 saturated carbocycles. The molecule has 3 aromatic carbocycles. The largest absolute Gasteiger partial charge is 0.480 e. The molecule has 1 fully saturated rings. The van der Waals surface area contributed by atoms with Crippen LogP contribution >= 0.6 is 0 Å². The van der Waals surface area contributed by atoms with Crippen LogP contribution in [0.2, 0.25) is 0 Å². The Morgan fingerprint density at radius 3 is 2.28 bits per heavy atom. The number of hydrogen-bond acceptors (Lipinski definition) is 6. The fraction of sp³-hybridized carbons (Fsp3) is 0.457. The van der Waals surface area contributed by atoms with Gasteiger partial charge in [0, 0.05) is 13.2 Å². The van der Waals surface area contributed by atoms with Crippen molar-refractivity contribution in [1.82, 2.24) is 4.90 Å². The van der Waals surface area contributed by atoms with Gasteiger partial charge in [-0.15, -0.1) is 0 Å². The van der Waals surface area contributed by atoms with Crippen molar-refractivity contribution in [2.24, 2.45) is 0 Å². The predicted octanol–water partition coefficient (Wildman–Crippen LogP) is 5.78. The molecule has 3 aromatic rings. The van der Waals surface area contributed by atoms with E-state index in [0.717, 1.165) is 38.5 Å². The molecule has 8 nitrogen and oxygen atoms in total. The molecule has 1 amide bonds. The molecule has 4 rings (SSSR count). The summed E-state index contributed by atoms with van der Waals surface area (Å²) in [5.74, 6) is -2.35. The highest BCUT2D eigenvalue weighted by Gasteiger charge is 2.42. The summed E-state index contributed by atoms with van der Waals surface area (Å²) in [6, 6.07) is 21.2. The number of amides is 1. The quantitative estimate of drug-likeness (QED) is 0.157. The first-order valence-electron chi connectivity index (χ1n) is 15.3. The lowest BCUT2D eigenvalue weighted by Crippen LogP contribution is -2.50. The third kappa shape index (κ3) is 9.63. The average molecular weight is 590 g/mol. The van der Waals surface area contributed by atoms with Crippen LogP contribution in [-0.4, -0.2) is 66.5 Å². The monoisotopic (exact) mass is 589 g/mol. The number of hydrogen-bond donors (Lipinski definition) is 1. The van der Waals surface area contributed by atoms with Gasteiger partial charge >= 0.3 is 11.9 Å². The number of aliphatic carboxylic acids is 1. The second-order valence-electron chi connectivity index (χ2n) is 11.3. The minimum atomic E-state index is -1.24. The Labute approximate surface area is 253 Å². The number of nitrogens with zero attached hydrogens (tertiary/aromatic N) is 1. The molecule has 1 aliphatic rings. The molecule has 230 valence electrons. The lowest BCUT2D eigenvalue weighted by molar-refractivity contribution is -0.160. The lowest BCUT2D eigenvalue weighted by atomic mass is 10.0. The molecule has 1 aliphatic heterocycles. The van der Waals surface area contributed by atoms with Crippen LogP contribution in [0.4, 0.5) is 0 Å². The summed E-state index contributed by atoms with van der Waals surface area (Å²) in [6.07, 6.45) is 4.33. The number of cyclic esters (lactones) is 1. The molecule has 0 spiro atoms. The summed E-state index contributed by atoms with van der Waals surface area (Å²) in [5, 5.41) is 11.9. The number of benzene rings is 3. The van der Waals surface area contributed by atoms with E-state index in [-0.39, 0.29) is 19.9 Å². The van der Waals surface area contributed by atoms with Gasteiger partial charge in [0.1, 0.15) is 6.54 Å². The van der Waals surface area contributed by atoms with Gasteiger partial charge in [-0.05, 0) is 85.4 Å². The number of unbranched alkanes of at least 4 members (excludes halogenated alkanes) is 4. The molecular weight excluding hydrogens is 546 g/mol. The van der Waals surface area contributed by atoms with E-state index in [4.69, 9.17) is 14.2 Å². The van der Waals surface area contributed by atoms with E-state index in [9.17, 15) is 19.5 Å². The normalized spacial score (nSPS) is 15.4. The maximum atomic E-state index is 13.5. The molecule has 1 N–H and O–H groups in total. The highest BCUT2D eigenvalue weighted by molar-refractivity contribution is 5.91. The van der Waals surface area contributed by atoms with Gasteiger partial charge in [-0.1, -0.05) is 73.5 Å². The van der Waals surface area contributed by atoms with Crippen molar-refractivity contribution in [2.45, 2.75) is 77.4 Å². The number of ether oxygens (including phenoxy) is 3. The van der Waals surface area contributed by atoms with E-state index in [0.29, 0.717) is 12.8 Å². The van der Waals surface area contributed by atoms with E-state index in [1.807, 2.05) is 12.1 Å². The zero-order valence-electron chi connectivity index (χ0n) is 25.3. The van der Waals surface area contributed by atoms with Crippen molar-refractivity contribution in [3.63, 3.8) is 0 Å². The number of carbonyl (C=O) groups is 3. The number of aryl methyl sites for hydroxylation is 4. The van der Waals surface area contributed by atoms with Crippen LogP contribution in [0, 0.1) is 13.8 Å². The summed E-state index contributed by atoms with van der Waals surface area (Å²) < 4.78 is 16.2. The average Bonchev–Trinajstić information content (AvgIpc) is 3.42. The Hall–Kier alpha value is -3.75. The van der Waals surface area contributed by atoms with Crippen LogP contribution in [-0.2, 0) is 41.4 Å². The van der Waals surface area contributed by atoms with Crippen LogP contribution in [0.3, 0.4) is 0 Å². The third-order valence-electron chi connectivity index (χ3n) is 8.02. The van der Waals surface area contributed by atoms with Gasteiger partial charge < -0.3 is 24.2 Å². The van der Waals surface area contributed by atoms with Crippen LogP contribution < -0.4 is 0 Å². The van der Waals surface area contributed by atoms with Crippen molar-refractivity contribution in [2.75, 3.05) is 26.5 Å². The van der Waals surface area contributed by atoms with Gasteiger partial charge in [-0.25, -0.2) is 4.79 Å². The first kappa shape index (κ1) is 32.2. The molecular formula is C35H43NO7. The van der Waals surface area contributed by atoms with Crippen molar-refractivity contribution in [1.29, 1.82) is 0 Å². The van der Waals surface area contributed by atoms with Crippen molar-refractivity contribution in [3.05, 3.63) is 82.9 Å². The molecule has 0 aliphatic carbocycles. The molecule has 8 heteroatoms. The summed E-state index contributed by atoms with van der Waals surface area (Å²) in [5.41, 5.74) is 5.09. The van der Waals surface area contributed by atoms with Gasteiger partial charge in [-0.3, -0.25) is 9.59 Å². The first-order chi connectivity index (χ1) is 20.8. The predicted molar refractivity (Wildman–Crippen MR) is 165 cm³/mol. The Balaban J connectivity index is 1.26. The van der Waals surface area contributed by atoms with Gasteiger partial charge in [0.25, 0.3) is 5.91 Å². The lowest BCUT2D eigenvalue weighted by Gasteiger charge is -2.27. The molecule has 0 bridgehead atoms. The minimum Gasteiger partial charge on any atom is -0.480 e. The number of carbonyl (C=O) groups excluding carboxylic acids is 2. The number of carboxylic acids is 1. The van der Waals surface area contributed by atoms with Crippen LogP contribution in [0.1, 0.15) is 60.8 Å². The van der Waals surface area contributed by atoms with Gasteiger partial charge in [-0.2, -0.15) is 0 Å². The summed E-state index contributed by atoms with van der Waals surface area (Å²) in [4.78, 5) is 38.7. The smallest absolute Gasteiger partial charge is 0.340 e. The zero-order valence-corrected chi connectivity index (χ0v) is 25.3. The molecule has 0 radical (unpaired) electrons. The van der Waals surface area contributed by atoms with Gasteiger partial charge in [0.15, 0.2) is 19.0 Å². The summed E-state index contributed by atoms with van der Waals surface area (Å²) in [7, 11) is 0. The van der Waals surface area contributed by atoms with Crippen molar-refractivity contribution < 1.29 is 33.7 Å². The van der Waals surface area contributed by atoms with Crippen molar-refractivity contribution in [3.8, 4) is 0 Å². The fourth-order valence-electron chi connectivity index (χ4n) is 5.41. The van der Waals surface area contributed by atoms with Crippen LogP contribution in [0.5, 0.6) is 0 Å². The van der Waals surface area contributed by atoms with Gasteiger partial charge in [0.2, 0.25) is 0 Å². The second kappa shape index (κ2) is 16.2. The highest BCUT2D eigenvalue weighted by Crippen LogP contribution is 2.20. The van der Waals surface area contributed by atoms with E-state index < -0.39 is 36.6 Å². The fourth-order valence-corrected chi connectivity index (χ4v) is 5.41. The standard InChI is InChI=1S/C35H43NO7/c1-25-15-16-27(21-26(25)2)11-6-4-10-20-41-32(33-35(40)43-24-42-33)34(39)36(23-31(37)38)19-9-3-5-12-28-17-18-29-13-7-8-14-30(29)22-28/h7-8,13-18,21-22,32-33H,3-6,9-12,19-20,23-24H2,1-2H3,(H,37,38)/t32-,33-/m1/s1. The Bertz CT molecular complexity index is 1390. The summed E-state index contributed by atoms with van der Waals surface area (Å²) >= 11 is 0. The second-order valence-corrected chi connectivity index (χ2v) is 11.3. The maximum Gasteiger partial charge on any atom is 0.340 e. The Morgan fingerprint density at radius 2 is 1.58 bits per heavy atom. The number of esters is 1. The van der Waals surface area contributed by atoms with E-state index >= 15 is 0 Å². The van der Waals surface area contributed by atoms with E-state index in [1.54, 1.807) is 0 Å². The minimum absolute atomic E-state index is 0.250. The third-order valence-corrected chi connectivity index (χ3v) is 8.02. The number of fused-ring (bicyclic) bond motifs is 1. The number of carboxylic acid groups (broad SMARTS) is 1. The number of rotatable bonds is 17. The topological polar surface area (TPSA) is 102 Å². The molecule has 43 heavy (non-hydrogen) atoms. The van der Waals surface area contributed by atoms with Crippen LogP contribution in [0.15, 0.2) is 60.7 Å².